The highest BCUT2D eigenvalue weighted by atomic mass is 15.4. The number of hydrogen-bond donors (Lipinski definition) is 1. The van der Waals surface area contributed by atoms with Gasteiger partial charge >= 0.3 is 0 Å². The third kappa shape index (κ3) is 2.22. The largest absolute Gasteiger partial charge is 0.325 e. The van der Waals surface area contributed by atoms with E-state index in [1.807, 2.05) is 4.68 Å². The molecule has 0 unspecified atom stereocenters. The summed E-state index contributed by atoms with van der Waals surface area (Å²) in [4.78, 5) is 0. The fourth-order valence-corrected chi connectivity index (χ4v) is 2.13. The van der Waals surface area contributed by atoms with Crippen LogP contribution in [0.15, 0.2) is 18.2 Å². The van der Waals surface area contributed by atoms with E-state index in [-0.39, 0.29) is 0 Å². The minimum Gasteiger partial charge on any atom is -0.325 e. The molecule has 1 aromatic heterocycles. The van der Waals surface area contributed by atoms with Crippen LogP contribution >= 0.6 is 0 Å². The zero-order chi connectivity index (χ0) is 12.4. The first-order chi connectivity index (χ1) is 8.15. The second-order valence-electron chi connectivity index (χ2n) is 4.30. The van der Waals surface area contributed by atoms with E-state index in [0.717, 1.165) is 23.5 Å². The van der Waals surface area contributed by atoms with Gasteiger partial charge in [-0.25, -0.2) is 4.68 Å². The molecule has 1 aromatic carbocycles. The van der Waals surface area contributed by atoms with E-state index < -0.39 is 0 Å². The molecule has 4 nitrogen and oxygen atoms in total. The maximum Gasteiger partial charge on any atom is 0.0999 e. The van der Waals surface area contributed by atoms with E-state index in [1.54, 1.807) is 0 Å². The summed E-state index contributed by atoms with van der Waals surface area (Å²) in [6.45, 7) is 6.71. The Morgan fingerprint density at radius 1 is 1.18 bits per heavy atom. The van der Waals surface area contributed by atoms with Crippen molar-refractivity contribution in [2.45, 2.75) is 33.7 Å². The van der Waals surface area contributed by atoms with E-state index in [1.165, 1.54) is 11.1 Å². The predicted molar refractivity (Wildman–Crippen MR) is 68.1 cm³/mol. The molecule has 0 atom stereocenters. The molecule has 2 rings (SSSR count). The van der Waals surface area contributed by atoms with Gasteiger partial charge in [0.05, 0.1) is 17.1 Å². The van der Waals surface area contributed by atoms with Crippen molar-refractivity contribution in [3.05, 3.63) is 40.7 Å². The maximum atomic E-state index is 5.66. The molecule has 0 aliphatic heterocycles. The fourth-order valence-electron chi connectivity index (χ4n) is 2.13. The Kier molecular flexibility index (Phi) is 3.24. The van der Waals surface area contributed by atoms with Gasteiger partial charge in [-0.1, -0.05) is 18.2 Å². The first-order valence-electron chi connectivity index (χ1n) is 5.88. The molecule has 2 aromatic rings. The second kappa shape index (κ2) is 4.67. The molecule has 0 amide bonds. The van der Waals surface area contributed by atoms with Crippen LogP contribution in [0, 0.1) is 13.8 Å². The number of rotatable bonds is 3. The highest BCUT2D eigenvalue weighted by molar-refractivity contribution is 5.40. The third-order valence-corrected chi connectivity index (χ3v) is 2.82. The maximum absolute atomic E-state index is 5.66. The first kappa shape index (κ1) is 11.8. The Labute approximate surface area is 101 Å². The van der Waals surface area contributed by atoms with Crippen LogP contribution in [0.25, 0.3) is 5.69 Å². The average Bonchev–Trinajstić information content (AvgIpc) is 2.70. The number of nitrogens with two attached hydrogens (primary N) is 1. The van der Waals surface area contributed by atoms with Crippen molar-refractivity contribution >= 4 is 0 Å². The molecule has 90 valence electrons. The standard InChI is InChI=1S/C13H18N4/c1-4-13-12(8-14)15-16-17(13)11-6-9(2)5-10(3)7-11/h5-7H,4,8,14H2,1-3H3. The quantitative estimate of drug-likeness (QED) is 0.876. The summed E-state index contributed by atoms with van der Waals surface area (Å²) in [6.07, 6.45) is 0.881. The Balaban J connectivity index is 2.55. The van der Waals surface area contributed by atoms with Crippen LogP contribution in [0.1, 0.15) is 29.4 Å². The van der Waals surface area contributed by atoms with Crippen molar-refractivity contribution in [3.8, 4) is 5.69 Å². The Bertz CT molecular complexity index is 508. The molecule has 0 fully saturated rings. The van der Waals surface area contributed by atoms with Crippen LogP contribution in [-0.4, -0.2) is 15.0 Å². The summed E-state index contributed by atoms with van der Waals surface area (Å²) < 4.78 is 1.89. The van der Waals surface area contributed by atoms with Gasteiger partial charge in [0, 0.05) is 6.54 Å². The van der Waals surface area contributed by atoms with Crippen molar-refractivity contribution < 1.29 is 0 Å². The zero-order valence-corrected chi connectivity index (χ0v) is 10.6. The molecule has 0 radical (unpaired) electrons. The van der Waals surface area contributed by atoms with Crippen molar-refractivity contribution in [2.75, 3.05) is 0 Å². The lowest BCUT2D eigenvalue weighted by atomic mass is 10.1. The summed E-state index contributed by atoms with van der Waals surface area (Å²) in [5, 5.41) is 8.33. The monoisotopic (exact) mass is 230 g/mol. The van der Waals surface area contributed by atoms with Gasteiger partial charge in [0.15, 0.2) is 0 Å². The normalized spacial score (nSPS) is 10.8. The molecular weight excluding hydrogens is 212 g/mol. The minimum absolute atomic E-state index is 0.438. The highest BCUT2D eigenvalue weighted by Crippen LogP contribution is 2.16. The van der Waals surface area contributed by atoms with Crippen LogP contribution in [0.4, 0.5) is 0 Å². The summed E-state index contributed by atoms with van der Waals surface area (Å²) in [5.74, 6) is 0. The van der Waals surface area contributed by atoms with Crippen molar-refractivity contribution in [3.63, 3.8) is 0 Å². The van der Waals surface area contributed by atoms with Gasteiger partial charge in [-0.2, -0.15) is 0 Å². The van der Waals surface area contributed by atoms with Gasteiger partial charge in [-0.3, -0.25) is 0 Å². The summed E-state index contributed by atoms with van der Waals surface area (Å²) >= 11 is 0. The molecule has 0 spiro atoms. The predicted octanol–water partition coefficient (Wildman–Crippen LogP) is 1.91. The number of hydrogen-bond acceptors (Lipinski definition) is 3. The number of aryl methyl sites for hydroxylation is 2. The Morgan fingerprint density at radius 2 is 1.82 bits per heavy atom. The van der Waals surface area contributed by atoms with Crippen LogP contribution in [0.5, 0.6) is 0 Å². The summed E-state index contributed by atoms with van der Waals surface area (Å²) in [7, 11) is 0. The molecule has 0 saturated heterocycles. The Hall–Kier alpha value is -1.68. The van der Waals surface area contributed by atoms with E-state index in [9.17, 15) is 0 Å². The molecule has 0 aliphatic rings. The van der Waals surface area contributed by atoms with Gasteiger partial charge in [-0.15, -0.1) is 5.10 Å². The fraction of sp³-hybridized carbons (Fsp3) is 0.385. The SMILES string of the molecule is CCc1c(CN)nnn1-c1cc(C)cc(C)c1. The lowest BCUT2D eigenvalue weighted by molar-refractivity contribution is 0.765. The van der Waals surface area contributed by atoms with Crippen LogP contribution in [0.2, 0.25) is 0 Å². The average molecular weight is 230 g/mol. The molecule has 2 N–H and O–H groups in total. The molecule has 0 aliphatic carbocycles. The number of benzene rings is 1. The summed E-state index contributed by atoms with van der Waals surface area (Å²) in [6, 6.07) is 6.37. The number of aromatic nitrogens is 3. The van der Waals surface area contributed by atoms with E-state index in [0.29, 0.717) is 6.54 Å². The molecule has 4 heteroatoms. The third-order valence-electron chi connectivity index (χ3n) is 2.82. The minimum atomic E-state index is 0.438. The topological polar surface area (TPSA) is 56.7 Å². The van der Waals surface area contributed by atoms with Gasteiger partial charge in [0.1, 0.15) is 0 Å². The zero-order valence-electron chi connectivity index (χ0n) is 10.6. The van der Waals surface area contributed by atoms with Crippen LogP contribution < -0.4 is 5.73 Å². The van der Waals surface area contributed by atoms with Crippen LogP contribution in [-0.2, 0) is 13.0 Å². The van der Waals surface area contributed by atoms with E-state index >= 15 is 0 Å². The molecule has 0 bridgehead atoms. The van der Waals surface area contributed by atoms with Crippen molar-refractivity contribution in [2.24, 2.45) is 5.73 Å². The molecular formula is C13H18N4. The second-order valence-corrected chi connectivity index (χ2v) is 4.30. The van der Waals surface area contributed by atoms with Gasteiger partial charge < -0.3 is 5.73 Å². The van der Waals surface area contributed by atoms with Crippen molar-refractivity contribution in [1.29, 1.82) is 0 Å². The van der Waals surface area contributed by atoms with Gasteiger partial charge in [0.2, 0.25) is 0 Å². The first-order valence-corrected chi connectivity index (χ1v) is 5.88. The molecule has 17 heavy (non-hydrogen) atoms. The molecule has 0 saturated carbocycles. The highest BCUT2D eigenvalue weighted by Gasteiger charge is 2.11. The smallest absolute Gasteiger partial charge is 0.0999 e. The van der Waals surface area contributed by atoms with Gasteiger partial charge in [-0.05, 0) is 43.5 Å². The van der Waals surface area contributed by atoms with Gasteiger partial charge in [0.25, 0.3) is 0 Å². The summed E-state index contributed by atoms with van der Waals surface area (Å²) in [5.41, 5.74) is 11.2. The van der Waals surface area contributed by atoms with Crippen LogP contribution in [0.3, 0.4) is 0 Å². The lowest BCUT2D eigenvalue weighted by Crippen LogP contribution is -2.05. The van der Waals surface area contributed by atoms with E-state index in [4.69, 9.17) is 5.73 Å². The molecule has 1 heterocycles. The Morgan fingerprint density at radius 3 is 2.35 bits per heavy atom. The number of nitrogens with zero attached hydrogens (tertiary/aromatic N) is 3. The van der Waals surface area contributed by atoms with E-state index in [2.05, 4.69) is 49.3 Å². The van der Waals surface area contributed by atoms with Crippen molar-refractivity contribution in [1.82, 2.24) is 15.0 Å². The lowest BCUT2D eigenvalue weighted by Gasteiger charge is -2.07.